The molecule has 1 radical (unpaired) electrons. The largest absolute Gasteiger partial charge is 0.480 e. The molecule has 0 aliphatic carbocycles. The average molecular weight is 369 g/mol. The van der Waals surface area contributed by atoms with Gasteiger partial charge in [-0.25, -0.2) is 9.97 Å². The van der Waals surface area contributed by atoms with Crippen molar-refractivity contribution in [3.63, 3.8) is 0 Å². The number of carbonyl (C=O) groups is 2. The van der Waals surface area contributed by atoms with Crippen molar-refractivity contribution in [2.45, 2.75) is 24.9 Å². The number of carboxylic acids is 2. The SMILES string of the molecule is N[C@@H](Cc1cnc[nH]1)C(=O)O.N[C@@H](Cc1cnc[nH]1)C(=O)O.[Co]. The molecule has 2 atom stereocenters. The Balaban J connectivity index is 0.000000403. The average Bonchev–Trinajstić information content (AvgIpc) is 3.12. The number of nitrogens with two attached hydrogens (primary N) is 2. The molecule has 23 heavy (non-hydrogen) atoms. The number of hydrogen-bond donors (Lipinski definition) is 6. The summed E-state index contributed by atoms with van der Waals surface area (Å²) >= 11 is 0. The normalized spacial score (nSPS) is 12.3. The summed E-state index contributed by atoms with van der Waals surface area (Å²) in [5.41, 5.74) is 12.0. The minimum absolute atomic E-state index is 0. The predicted octanol–water partition coefficient (Wildman–Crippen LogP) is -1.27. The van der Waals surface area contributed by atoms with Gasteiger partial charge in [0.15, 0.2) is 0 Å². The Kier molecular flexibility index (Phi) is 9.49. The van der Waals surface area contributed by atoms with Crippen LogP contribution in [0, 0.1) is 0 Å². The third-order valence-electron chi connectivity index (χ3n) is 2.62. The molecular formula is C12H18CoN6O4. The predicted molar refractivity (Wildman–Crippen MR) is 75.8 cm³/mol. The van der Waals surface area contributed by atoms with Crippen LogP contribution in [-0.2, 0) is 39.2 Å². The van der Waals surface area contributed by atoms with Gasteiger partial charge in [-0.05, 0) is 0 Å². The van der Waals surface area contributed by atoms with Crippen molar-refractivity contribution in [2.24, 2.45) is 11.5 Å². The summed E-state index contributed by atoms with van der Waals surface area (Å²) in [5.74, 6) is -2.00. The first-order chi connectivity index (χ1) is 10.4. The van der Waals surface area contributed by atoms with Gasteiger partial charge < -0.3 is 31.6 Å². The second-order valence-electron chi connectivity index (χ2n) is 4.45. The first kappa shape index (κ1) is 20.8. The van der Waals surface area contributed by atoms with Crippen LogP contribution in [0.4, 0.5) is 0 Å². The van der Waals surface area contributed by atoms with Crippen molar-refractivity contribution < 1.29 is 36.6 Å². The molecule has 0 aliphatic heterocycles. The Morgan fingerprint density at radius 3 is 1.52 bits per heavy atom. The van der Waals surface area contributed by atoms with E-state index in [1.807, 2.05) is 0 Å². The Bertz CT molecular complexity index is 522. The molecule has 8 N–H and O–H groups in total. The minimum atomic E-state index is -1.00. The monoisotopic (exact) mass is 369 g/mol. The minimum Gasteiger partial charge on any atom is -0.480 e. The second-order valence-corrected chi connectivity index (χ2v) is 4.45. The van der Waals surface area contributed by atoms with Crippen LogP contribution in [0.2, 0.25) is 0 Å². The van der Waals surface area contributed by atoms with Crippen molar-refractivity contribution in [3.05, 3.63) is 36.4 Å². The zero-order chi connectivity index (χ0) is 16.5. The van der Waals surface area contributed by atoms with Gasteiger partial charge in [0, 0.05) is 53.4 Å². The van der Waals surface area contributed by atoms with Gasteiger partial charge >= 0.3 is 11.9 Å². The summed E-state index contributed by atoms with van der Waals surface area (Å²) in [6, 6.07) is -1.70. The number of H-pyrrole nitrogens is 2. The molecule has 0 fully saturated rings. The molecule has 0 saturated heterocycles. The summed E-state index contributed by atoms with van der Waals surface area (Å²) in [4.78, 5) is 33.5. The van der Waals surface area contributed by atoms with E-state index in [9.17, 15) is 9.59 Å². The number of hydrogen-bond acceptors (Lipinski definition) is 6. The van der Waals surface area contributed by atoms with Crippen LogP contribution in [0.1, 0.15) is 11.4 Å². The first-order valence-electron chi connectivity index (χ1n) is 6.31. The summed E-state index contributed by atoms with van der Waals surface area (Å²) < 4.78 is 0. The number of nitrogens with zero attached hydrogens (tertiary/aromatic N) is 2. The van der Waals surface area contributed by atoms with Crippen molar-refractivity contribution in [1.82, 2.24) is 19.9 Å². The fraction of sp³-hybridized carbons (Fsp3) is 0.333. The molecular weight excluding hydrogens is 351 g/mol. The van der Waals surface area contributed by atoms with Crippen molar-refractivity contribution >= 4 is 11.9 Å². The van der Waals surface area contributed by atoms with Crippen molar-refractivity contribution in [1.29, 1.82) is 0 Å². The summed E-state index contributed by atoms with van der Waals surface area (Å²) in [5, 5.41) is 16.8. The number of aliphatic carboxylic acids is 2. The maximum absolute atomic E-state index is 10.3. The third-order valence-corrected chi connectivity index (χ3v) is 2.62. The van der Waals surface area contributed by atoms with E-state index in [1.165, 1.54) is 12.7 Å². The van der Waals surface area contributed by atoms with E-state index < -0.39 is 24.0 Å². The van der Waals surface area contributed by atoms with Gasteiger partial charge in [0.25, 0.3) is 0 Å². The maximum Gasteiger partial charge on any atom is 0.320 e. The Hall–Kier alpha value is -2.21. The van der Waals surface area contributed by atoms with Crippen LogP contribution in [-0.4, -0.2) is 54.2 Å². The Morgan fingerprint density at radius 2 is 1.30 bits per heavy atom. The first-order valence-corrected chi connectivity index (χ1v) is 6.31. The molecule has 0 aromatic carbocycles. The van der Waals surface area contributed by atoms with E-state index >= 15 is 0 Å². The third kappa shape index (κ3) is 8.11. The van der Waals surface area contributed by atoms with E-state index in [2.05, 4.69) is 19.9 Å². The van der Waals surface area contributed by atoms with Crippen molar-refractivity contribution in [2.75, 3.05) is 0 Å². The van der Waals surface area contributed by atoms with Crippen molar-refractivity contribution in [3.8, 4) is 0 Å². The molecule has 0 unspecified atom stereocenters. The number of carboxylic acid groups (broad SMARTS) is 2. The molecule has 10 nitrogen and oxygen atoms in total. The fourth-order valence-corrected chi connectivity index (χ4v) is 1.44. The van der Waals surface area contributed by atoms with Gasteiger partial charge in [-0.15, -0.1) is 0 Å². The second kappa shape index (κ2) is 10.5. The Morgan fingerprint density at radius 1 is 0.957 bits per heavy atom. The summed E-state index contributed by atoms with van der Waals surface area (Å²) in [6.45, 7) is 0. The molecule has 2 heterocycles. The molecule has 0 amide bonds. The van der Waals surface area contributed by atoms with E-state index in [-0.39, 0.29) is 29.6 Å². The molecule has 0 bridgehead atoms. The molecule has 129 valence electrons. The van der Waals surface area contributed by atoms with Crippen LogP contribution in [0.15, 0.2) is 25.0 Å². The molecule has 0 saturated carbocycles. The number of nitrogens with one attached hydrogen (secondary N) is 2. The van der Waals surface area contributed by atoms with Crippen LogP contribution >= 0.6 is 0 Å². The van der Waals surface area contributed by atoms with Gasteiger partial charge in [0.05, 0.1) is 12.7 Å². The summed E-state index contributed by atoms with van der Waals surface area (Å²) in [7, 11) is 0. The zero-order valence-corrected chi connectivity index (χ0v) is 13.0. The van der Waals surface area contributed by atoms with Gasteiger partial charge in [0.1, 0.15) is 12.1 Å². The van der Waals surface area contributed by atoms with Gasteiger partial charge in [0.2, 0.25) is 0 Å². The molecule has 2 rings (SSSR count). The number of rotatable bonds is 6. The smallest absolute Gasteiger partial charge is 0.320 e. The maximum atomic E-state index is 10.3. The molecule has 2 aromatic heterocycles. The number of aromatic nitrogens is 4. The number of aromatic amines is 2. The van der Waals surface area contributed by atoms with E-state index in [1.54, 1.807) is 12.4 Å². The van der Waals surface area contributed by atoms with Crippen LogP contribution in [0.3, 0.4) is 0 Å². The summed E-state index contributed by atoms with van der Waals surface area (Å²) in [6.07, 6.45) is 6.67. The fourth-order valence-electron chi connectivity index (χ4n) is 1.44. The topological polar surface area (TPSA) is 184 Å². The van der Waals surface area contributed by atoms with Gasteiger partial charge in [-0.2, -0.15) is 0 Å². The standard InChI is InChI=1S/2C6H9N3O2.Co/c2*7-5(6(10)11)1-4-2-8-3-9-4;/h2*2-3,5H,1,7H2,(H,8,9)(H,10,11);/t2*5-;/m00./s1. The molecule has 11 heteroatoms. The van der Waals surface area contributed by atoms with Gasteiger partial charge in [-0.3, -0.25) is 9.59 Å². The van der Waals surface area contributed by atoms with E-state index in [0.29, 0.717) is 0 Å². The van der Waals surface area contributed by atoms with E-state index in [4.69, 9.17) is 21.7 Å². The zero-order valence-electron chi connectivity index (χ0n) is 12.0. The molecule has 0 spiro atoms. The van der Waals surface area contributed by atoms with Crippen LogP contribution in [0.25, 0.3) is 0 Å². The quantitative estimate of drug-likeness (QED) is 0.364. The van der Waals surface area contributed by atoms with Gasteiger partial charge in [-0.1, -0.05) is 0 Å². The molecule has 0 aliphatic rings. The van der Waals surface area contributed by atoms with E-state index in [0.717, 1.165) is 11.4 Å². The Labute approximate surface area is 141 Å². The van der Waals surface area contributed by atoms with Crippen LogP contribution in [0.5, 0.6) is 0 Å². The molecule has 2 aromatic rings. The number of imidazole rings is 2. The van der Waals surface area contributed by atoms with Crippen LogP contribution < -0.4 is 11.5 Å².